The number of carboxylic acids is 1. The van der Waals surface area contributed by atoms with Crippen LogP contribution in [0.4, 0.5) is 0 Å². The number of hydrogen-bond acceptors (Lipinski definition) is 5. The van der Waals surface area contributed by atoms with Crippen LogP contribution in [0.5, 0.6) is 0 Å². The SMILES string of the molecule is CC(C)(CCC(=O)O)Cn1ncc(-c2ncccn2)cc1=O. The molecule has 0 spiro atoms. The van der Waals surface area contributed by atoms with Gasteiger partial charge in [-0.15, -0.1) is 0 Å². The van der Waals surface area contributed by atoms with Gasteiger partial charge < -0.3 is 5.11 Å². The first kappa shape index (κ1) is 15.8. The van der Waals surface area contributed by atoms with E-state index in [4.69, 9.17) is 5.11 Å². The van der Waals surface area contributed by atoms with Gasteiger partial charge in [-0.05, 0) is 17.9 Å². The van der Waals surface area contributed by atoms with Gasteiger partial charge in [0.25, 0.3) is 5.56 Å². The molecule has 22 heavy (non-hydrogen) atoms. The van der Waals surface area contributed by atoms with Gasteiger partial charge in [-0.2, -0.15) is 5.10 Å². The summed E-state index contributed by atoms with van der Waals surface area (Å²) < 4.78 is 1.34. The van der Waals surface area contributed by atoms with Crippen molar-refractivity contribution in [3.63, 3.8) is 0 Å². The van der Waals surface area contributed by atoms with Crippen molar-refractivity contribution in [2.45, 2.75) is 33.2 Å². The Morgan fingerprint density at radius 2 is 2.00 bits per heavy atom. The first-order chi connectivity index (χ1) is 10.4. The number of aromatic nitrogens is 4. The molecule has 0 bridgehead atoms. The number of rotatable bonds is 6. The van der Waals surface area contributed by atoms with Crippen LogP contribution in [0.25, 0.3) is 11.4 Å². The molecule has 0 amide bonds. The molecule has 0 saturated carbocycles. The smallest absolute Gasteiger partial charge is 0.303 e. The minimum atomic E-state index is -0.843. The van der Waals surface area contributed by atoms with E-state index in [2.05, 4.69) is 15.1 Å². The molecule has 0 aliphatic rings. The maximum Gasteiger partial charge on any atom is 0.303 e. The highest BCUT2D eigenvalue weighted by atomic mass is 16.4. The second-order valence-corrected chi connectivity index (χ2v) is 5.87. The highest BCUT2D eigenvalue weighted by Gasteiger charge is 2.21. The zero-order valence-corrected chi connectivity index (χ0v) is 12.6. The molecule has 0 aliphatic heterocycles. The van der Waals surface area contributed by atoms with Gasteiger partial charge in [-0.1, -0.05) is 13.8 Å². The third-order valence-corrected chi connectivity index (χ3v) is 3.29. The molecule has 0 unspecified atom stereocenters. The van der Waals surface area contributed by atoms with E-state index in [1.165, 1.54) is 10.7 Å². The van der Waals surface area contributed by atoms with E-state index in [1.807, 2.05) is 13.8 Å². The van der Waals surface area contributed by atoms with E-state index in [0.29, 0.717) is 24.4 Å². The number of nitrogens with zero attached hydrogens (tertiary/aromatic N) is 4. The standard InChI is InChI=1S/C15H18N4O3/c1-15(2,5-4-13(21)22)10-19-12(20)8-11(9-18-19)14-16-6-3-7-17-14/h3,6-9H,4-5,10H2,1-2H3,(H,21,22). The number of aliphatic carboxylic acids is 1. The molecule has 0 fully saturated rings. The van der Waals surface area contributed by atoms with Crippen molar-refractivity contribution in [2.75, 3.05) is 0 Å². The summed E-state index contributed by atoms with van der Waals surface area (Å²) in [6.45, 7) is 4.19. The van der Waals surface area contributed by atoms with Crippen molar-refractivity contribution in [3.05, 3.63) is 41.1 Å². The predicted molar refractivity (Wildman–Crippen MR) is 80.2 cm³/mol. The third-order valence-electron chi connectivity index (χ3n) is 3.29. The van der Waals surface area contributed by atoms with Crippen LogP contribution >= 0.6 is 0 Å². The van der Waals surface area contributed by atoms with Crippen molar-refractivity contribution in [1.82, 2.24) is 19.7 Å². The van der Waals surface area contributed by atoms with Crippen LogP contribution in [0.3, 0.4) is 0 Å². The molecule has 0 aliphatic carbocycles. The molecule has 7 nitrogen and oxygen atoms in total. The maximum atomic E-state index is 12.2. The molecule has 0 aromatic carbocycles. The van der Waals surface area contributed by atoms with E-state index in [-0.39, 0.29) is 17.4 Å². The number of hydrogen-bond donors (Lipinski definition) is 1. The summed E-state index contributed by atoms with van der Waals surface area (Å²) in [5.74, 6) is -0.394. The Hall–Kier alpha value is -2.57. The highest BCUT2D eigenvalue weighted by Crippen LogP contribution is 2.23. The molecular weight excluding hydrogens is 284 g/mol. The Labute approximate surface area is 127 Å². The molecule has 2 heterocycles. The van der Waals surface area contributed by atoms with Crippen LogP contribution in [0.1, 0.15) is 26.7 Å². The Kier molecular flexibility index (Phi) is 4.65. The van der Waals surface area contributed by atoms with Crippen LogP contribution in [0, 0.1) is 5.41 Å². The lowest BCUT2D eigenvalue weighted by Crippen LogP contribution is -2.30. The van der Waals surface area contributed by atoms with Gasteiger partial charge in [0, 0.05) is 37.0 Å². The minimum absolute atomic E-state index is 0.0672. The second-order valence-electron chi connectivity index (χ2n) is 5.87. The topological polar surface area (TPSA) is 98.0 Å². The quantitative estimate of drug-likeness (QED) is 0.870. The molecule has 1 N–H and O–H groups in total. The average molecular weight is 302 g/mol. The Balaban J connectivity index is 2.17. The molecule has 2 aromatic heterocycles. The van der Waals surface area contributed by atoms with Gasteiger partial charge in [0.05, 0.1) is 6.20 Å². The van der Waals surface area contributed by atoms with E-state index < -0.39 is 5.97 Å². The molecule has 7 heteroatoms. The summed E-state index contributed by atoms with van der Waals surface area (Å²) in [6, 6.07) is 3.14. The Bertz CT molecular complexity index is 710. The Morgan fingerprint density at radius 3 is 2.59 bits per heavy atom. The van der Waals surface area contributed by atoms with Gasteiger partial charge in [-0.3, -0.25) is 9.59 Å². The summed E-state index contributed by atoms with van der Waals surface area (Å²) in [5.41, 5.74) is -0.0291. The van der Waals surface area contributed by atoms with Crippen LogP contribution in [0.2, 0.25) is 0 Å². The first-order valence-corrected chi connectivity index (χ1v) is 6.94. The van der Waals surface area contributed by atoms with Crippen molar-refractivity contribution in [3.8, 4) is 11.4 Å². The lowest BCUT2D eigenvalue weighted by molar-refractivity contribution is -0.137. The zero-order chi connectivity index (χ0) is 16.2. The third kappa shape index (κ3) is 4.21. The Morgan fingerprint density at radius 1 is 1.32 bits per heavy atom. The summed E-state index contributed by atoms with van der Waals surface area (Å²) in [6.07, 6.45) is 5.29. The fraction of sp³-hybridized carbons (Fsp3) is 0.400. The van der Waals surface area contributed by atoms with Crippen LogP contribution < -0.4 is 5.56 Å². The molecule has 0 atom stereocenters. The predicted octanol–water partition coefficient (Wildman–Crippen LogP) is 1.59. The molecule has 2 rings (SSSR count). The average Bonchev–Trinajstić information content (AvgIpc) is 2.48. The van der Waals surface area contributed by atoms with Crippen molar-refractivity contribution in [1.29, 1.82) is 0 Å². The minimum Gasteiger partial charge on any atom is -0.481 e. The van der Waals surface area contributed by atoms with Gasteiger partial charge in [0.2, 0.25) is 0 Å². The van der Waals surface area contributed by atoms with Crippen molar-refractivity contribution < 1.29 is 9.90 Å². The van der Waals surface area contributed by atoms with Crippen LogP contribution in [-0.4, -0.2) is 30.8 Å². The van der Waals surface area contributed by atoms with Crippen molar-refractivity contribution >= 4 is 5.97 Å². The monoisotopic (exact) mass is 302 g/mol. The zero-order valence-electron chi connectivity index (χ0n) is 12.6. The van der Waals surface area contributed by atoms with Crippen molar-refractivity contribution in [2.24, 2.45) is 5.41 Å². The van der Waals surface area contributed by atoms with E-state index in [0.717, 1.165) is 0 Å². The fourth-order valence-corrected chi connectivity index (χ4v) is 2.05. The normalized spacial score (nSPS) is 11.4. The molecule has 116 valence electrons. The van der Waals surface area contributed by atoms with Gasteiger partial charge in [-0.25, -0.2) is 14.6 Å². The molecule has 2 aromatic rings. The summed E-state index contributed by atoms with van der Waals surface area (Å²) in [7, 11) is 0. The lowest BCUT2D eigenvalue weighted by atomic mass is 9.88. The maximum absolute atomic E-state index is 12.2. The largest absolute Gasteiger partial charge is 0.481 e. The van der Waals surface area contributed by atoms with E-state index >= 15 is 0 Å². The lowest BCUT2D eigenvalue weighted by Gasteiger charge is -2.23. The number of carbonyl (C=O) groups is 1. The number of carboxylic acid groups (broad SMARTS) is 1. The summed E-state index contributed by atoms with van der Waals surface area (Å²) in [4.78, 5) is 31.0. The second kappa shape index (κ2) is 6.46. The molecular formula is C15H18N4O3. The van der Waals surface area contributed by atoms with E-state index in [9.17, 15) is 9.59 Å². The van der Waals surface area contributed by atoms with Crippen LogP contribution in [-0.2, 0) is 11.3 Å². The van der Waals surface area contributed by atoms with Gasteiger partial charge >= 0.3 is 5.97 Å². The summed E-state index contributed by atoms with van der Waals surface area (Å²) in [5, 5.41) is 12.9. The summed E-state index contributed by atoms with van der Waals surface area (Å²) >= 11 is 0. The van der Waals surface area contributed by atoms with Gasteiger partial charge in [0.15, 0.2) is 5.82 Å². The first-order valence-electron chi connectivity index (χ1n) is 6.94. The van der Waals surface area contributed by atoms with Gasteiger partial charge in [0.1, 0.15) is 0 Å². The highest BCUT2D eigenvalue weighted by molar-refractivity contribution is 5.66. The fourth-order valence-electron chi connectivity index (χ4n) is 2.05. The van der Waals surface area contributed by atoms with Crippen LogP contribution in [0.15, 0.2) is 35.5 Å². The molecule has 0 radical (unpaired) electrons. The molecule has 0 saturated heterocycles. The van der Waals surface area contributed by atoms with E-state index in [1.54, 1.807) is 24.7 Å².